The van der Waals surface area contributed by atoms with Crippen molar-refractivity contribution in [3.63, 3.8) is 0 Å². The Hall–Kier alpha value is -2.58. The summed E-state index contributed by atoms with van der Waals surface area (Å²) in [4.78, 5) is 13.1. The summed E-state index contributed by atoms with van der Waals surface area (Å²) in [6, 6.07) is 9.08. The van der Waals surface area contributed by atoms with Crippen LogP contribution >= 0.6 is 11.3 Å². The summed E-state index contributed by atoms with van der Waals surface area (Å²) >= 11 is 1.54. The van der Waals surface area contributed by atoms with Crippen LogP contribution in [0.25, 0.3) is 10.6 Å². The highest BCUT2D eigenvalue weighted by Gasteiger charge is 2.27. The number of nitrogens with zero attached hydrogens (tertiary/aromatic N) is 2. The van der Waals surface area contributed by atoms with Crippen molar-refractivity contribution in [3.05, 3.63) is 64.7 Å². The van der Waals surface area contributed by atoms with Gasteiger partial charge in [0.25, 0.3) is 5.91 Å². The number of amides is 1. The first kappa shape index (κ1) is 15.9. The number of benzene rings is 1. The molecule has 2 aromatic heterocycles. The average Bonchev–Trinajstić information content (AvgIpc) is 3.25. The minimum Gasteiger partial charge on any atom is -0.347 e. The Morgan fingerprint density at radius 2 is 2.20 bits per heavy atom. The number of rotatable bonds is 4. The average molecular weight is 360 g/mol. The SMILES string of the molecule is O=C1NCC(NCc2ccc(F)cc2F)n2nc(-c3cccs3)cc21. The third-order valence-corrected chi connectivity index (χ3v) is 4.93. The van der Waals surface area contributed by atoms with Crippen LogP contribution < -0.4 is 10.6 Å². The molecule has 25 heavy (non-hydrogen) atoms. The molecule has 0 aliphatic carbocycles. The van der Waals surface area contributed by atoms with E-state index in [1.54, 1.807) is 22.1 Å². The van der Waals surface area contributed by atoms with Crippen LogP contribution in [-0.2, 0) is 6.54 Å². The van der Waals surface area contributed by atoms with Crippen LogP contribution in [0.5, 0.6) is 0 Å². The first-order valence-corrected chi connectivity index (χ1v) is 8.59. The van der Waals surface area contributed by atoms with E-state index in [0.29, 0.717) is 17.8 Å². The van der Waals surface area contributed by atoms with E-state index in [-0.39, 0.29) is 18.6 Å². The molecule has 0 fully saturated rings. The van der Waals surface area contributed by atoms with Crippen molar-refractivity contribution in [2.75, 3.05) is 6.54 Å². The fourth-order valence-electron chi connectivity index (χ4n) is 2.76. The van der Waals surface area contributed by atoms with Crippen molar-refractivity contribution in [1.82, 2.24) is 20.4 Å². The molecule has 128 valence electrons. The van der Waals surface area contributed by atoms with Crippen LogP contribution in [0.2, 0.25) is 0 Å². The van der Waals surface area contributed by atoms with E-state index in [1.165, 1.54) is 12.1 Å². The molecule has 8 heteroatoms. The van der Waals surface area contributed by atoms with Gasteiger partial charge in [-0.2, -0.15) is 5.10 Å². The van der Waals surface area contributed by atoms with E-state index < -0.39 is 11.6 Å². The summed E-state index contributed by atoms with van der Waals surface area (Å²) < 4.78 is 28.4. The highest BCUT2D eigenvalue weighted by atomic mass is 32.1. The van der Waals surface area contributed by atoms with Gasteiger partial charge in [0.1, 0.15) is 29.2 Å². The first-order chi connectivity index (χ1) is 12.1. The molecule has 0 saturated heterocycles. The number of fused-ring (bicyclic) bond motifs is 1. The van der Waals surface area contributed by atoms with Crippen LogP contribution in [0.1, 0.15) is 22.2 Å². The predicted molar refractivity (Wildman–Crippen MR) is 90.1 cm³/mol. The smallest absolute Gasteiger partial charge is 0.269 e. The Morgan fingerprint density at radius 3 is 2.96 bits per heavy atom. The van der Waals surface area contributed by atoms with Crippen LogP contribution in [0.4, 0.5) is 8.78 Å². The van der Waals surface area contributed by atoms with Gasteiger partial charge in [-0.1, -0.05) is 12.1 Å². The van der Waals surface area contributed by atoms with Gasteiger partial charge in [-0.3, -0.25) is 10.1 Å². The van der Waals surface area contributed by atoms with E-state index in [2.05, 4.69) is 15.7 Å². The van der Waals surface area contributed by atoms with E-state index in [9.17, 15) is 13.6 Å². The molecule has 0 spiro atoms. The van der Waals surface area contributed by atoms with Crippen molar-refractivity contribution in [3.8, 4) is 10.6 Å². The quantitative estimate of drug-likeness (QED) is 0.752. The van der Waals surface area contributed by atoms with Gasteiger partial charge in [0.05, 0.1) is 11.4 Å². The molecule has 1 atom stereocenters. The third kappa shape index (κ3) is 3.06. The minimum absolute atomic E-state index is 0.193. The Morgan fingerprint density at radius 1 is 1.32 bits per heavy atom. The van der Waals surface area contributed by atoms with Gasteiger partial charge in [0.15, 0.2) is 0 Å². The monoisotopic (exact) mass is 360 g/mol. The Kier molecular flexibility index (Phi) is 4.06. The zero-order chi connectivity index (χ0) is 17.4. The summed E-state index contributed by atoms with van der Waals surface area (Å²) in [5.41, 5.74) is 1.53. The Bertz CT molecular complexity index is 923. The van der Waals surface area contributed by atoms with Crippen molar-refractivity contribution in [2.24, 2.45) is 0 Å². The summed E-state index contributed by atoms with van der Waals surface area (Å²) in [7, 11) is 0. The van der Waals surface area contributed by atoms with Gasteiger partial charge in [-0.05, 0) is 23.6 Å². The summed E-state index contributed by atoms with van der Waals surface area (Å²) in [5, 5.41) is 12.4. The maximum absolute atomic E-state index is 13.8. The lowest BCUT2D eigenvalue weighted by atomic mass is 10.2. The van der Waals surface area contributed by atoms with Gasteiger partial charge in [-0.15, -0.1) is 11.3 Å². The molecule has 1 unspecified atom stereocenters. The molecule has 2 N–H and O–H groups in total. The second-order valence-electron chi connectivity index (χ2n) is 5.68. The lowest BCUT2D eigenvalue weighted by Crippen LogP contribution is -2.45. The molecular weight excluding hydrogens is 346 g/mol. The molecule has 0 bridgehead atoms. The largest absolute Gasteiger partial charge is 0.347 e. The molecule has 1 aliphatic rings. The van der Waals surface area contributed by atoms with E-state index in [4.69, 9.17) is 0 Å². The number of carbonyl (C=O) groups is 1. The predicted octanol–water partition coefficient (Wildman–Crippen LogP) is 2.92. The maximum Gasteiger partial charge on any atom is 0.269 e. The second kappa shape index (κ2) is 6.38. The second-order valence-corrected chi connectivity index (χ2v) is 6.63. The zero-order valence-electron chi connectivity index (χ0n) is 13.0. The topological polar surface area (TPSA) is 59.0 Å². The first-order valence-electron chi connectivity index (χ1n) is 7.71. The normalized spacial score (nSPS) is 16.6. The summed E-state index contributed by atoms with van der Waals surface area (Å²) in [5.74, 6) is -1.41. The highest BCUT2D eigenvalue weighted by molar-refractivity contribution is 7.13. The number of hydrogen-bond acceptors (Lipinski definition) is 4. The molecule has 5 nitrogen and oxygen atoms in total. The number of hydrogen-bond donors (Lipinski definition) is 2. The Balaban J connectivity index is 1.58. The number of nitrogens with one attached hydrogen (secondary N) is 2. The van der Waals surface area contributed by atoms with Gasteiger partial charge in [-0.25, -0.2) is 13.5 Å². The van der Waals surface area contributed by atoms with E-state index >= 15 is 0 Å². The van der Waals surface area contributed by atoms with E-state index in [1.807, 2.05) is 17.5 Å². The van der Waals surface area contributed by atoms with Crippen LogP contribution in [0.15, 0.2) is 41.8 Å². The molecular formula is C17H14F2N4OS. The number of halogens is 2. The lowest BCUT2D eigenvalue weighted by Gasteiger charge is -2.25. The standard InChI is InChI=1S/C17H14F2N4OS/c18-11-4-3-10(12(19)6-11)8-20-16-9-21-17(24)14-7-13(22-23(14)16)15-2-1-5-25-15/h1-7,16,20H,8-9H2,(H,21,24). The lowest BCUT2D eigenvalue weighted by molar-refractivity contribution is 0.0900. The van der Waals surface area contributed by atoms with Crippen LogP contribution in [0.3, 0.4) is 0 Å². The highest BCUT2D eigenvalue weighted by Crippen LogP contribution is 2.26. The fourth-order valence-corrected chi connectivity index (χ4v) is 3.45. The van der Waals surface area contributed by atoms with Crippen LogP contribution in [0, 0.1) is 11.6 Å². The minimum atomic E-state index is -0.610. The van der Waals surface area contributed by atoms with Gasteiger partial charge in [0, 0.05) is 18.2 Å². The van der Waals surface area contributed by atoms with E-state index in [0.717, 1.165) is 16.6 Å². The molecule has 0 radical (unpaired) electrons. The molecule has 0 saturated carbocycles. The van der Waals surface area contributed by atoms with Crippen molar-refractivity contribution in [2.45, 2.75) is 12.7 Å². The maximum atomic E-state index is 13.8. The molecule has 4 rings (SSSR count). The summed E-state index contributed by atoms with van der Waals surface area (Å²) in [6.07, 6.45) is -0.314. The summed E-state index contributed by atoms with van der Waals surface area (Å²) in [6.45, 7) is 0.528. The third-order valence-electron chi connectivity index (χ3n) is 4.04. The number of thiophene rings is 1. The number of aromatic nitrogens is 2. The molecule has 3 heterocycles. The van der Waals surface area contributed by atoms with Crippen molar-refractivity contribution in [1.29, 1.82) is 0 Å². The van der Waals surface area contributed by atoms with Gasteiger partial charge < -0.3 is 5.32 Å². The zero-order valence-corrected chi connectivity index (χ0v) is 13.8. The number of carbonyl (C=O) groups excluding carboxylic acids is 1. The molecule has 1 aliphatic heterocycles. The molecule has 3 aromatic rings. The van der Waals surface area contributed by atoms with Crippen molar-refractivity contribution < 1.29 is 13.6 Å². The molecule has 1 aromatic carbocycles. The fraction of sp³-hybridized carbons (Fsp3) is 0.176. The van der Waals surface area contributed by atoms with Crippen molar-refractivity contribution >= 4 is 17.2 Å². The Labute approximate surface area is 146 Å². The molecule has 1 amide bonds. The van der Waals surface area contributed by atoms with Gasteiger partial charge >= 0.3 is 0 Å². The van der Waals surface area contributed by atoms with Gasteiger partial charge in [0.2, 0.25) is 0 Å². The van der Waals surface area contributed by atoms with Crippen LogP contribution in [-0.4, -0.2) is 22.2 Å².